The number of ether oxygens (including phenoxy) is 2. The number of hydrogen-bond donors (Lipinski definition) is 3. The summed E-state index contributed by atoms with van der Waals surface area (Å²) in [5, 5.41) is 5.07. The van der Waals surface area contributed by atoms with Gasteiger partial charge in [-0.05, 0) is 43.9 Å². The summed E-state index contributed by atoms with van der Waals surface area (Å²) in [5.74, 6) is -0.474. The fourth-order valence-electron chi connectivity index (χ4n) is 2.54. The van der Waals surface area contributed by atoms with Crippen molar-refractivity contribution >= 4 is 17.6 Å². The van der Waals surface area contributed by atoms with E-state index in [9.17, 15) is 9.59 Å². The van der Waals surface area contributed by atoms with Crippen molar-refractivity contribution in [3.8, 4) is 0 Å². The Bertz CT molecular complexity index is 559. The third-order valence-electron chi connectivity index (χ3n) is 3.80. The lowest BCUT2D eigenvalue weighted by Crippen LogP contribution is -2.43. The maximum Gasteiger partial charge on any atom is 0.318 e. The lowest BCUT2D eigenvalue weighted by Gasteiger charge is -2.22. The molecule has 3 amide bonds. The van der Waals surface area contributed by atoms with Gasteiger partial charge < -0.3 is 20.5 Å². The predicted octanol–water partition coefficient (Wildman–Crippen LogP) is 1.77. The van der Waals surface area contributed by atoms with E-state index in [1.54, 1.807) is 6.92 Å². The summed E-state index contributed by atoms with van der Waals surface area (Å²) in [6, 6.07) is 6.17. The number of hydrogen-bond acceptors (Lipinski definition) is 5. The van der Waals surface area contributed by atoms with E-state index in [2.05, 4.69) is 5.32 Å². The number of anilines is 1. The topological polar surface area (TPSA) is 103 Å². The van der Waals surface area contributed by atoms with Crippen LogP contribution in [0.15, 0.2) is 24.3 Å². The van der Waals surface area contributed by atoms with E-state index in [-0.39, 0.29) is 6.10 Å². The lowest BCUT2D eigenvalue weighted by molar-refractivity contribution is -0.120. The molecule has 1 aliphatic rings. The molecule has 4 N–H and O–H groups in total. The van der Waals surface area contributed by atoms with Crippen LogP contribution in [0.5, 0.6) is 0 Å². The Morgan fingerprint density at radius 2 is 2.25 bits per heavy atom. The molecular formula is C17H25N3O4. The molecule has 0 aliphatic carbocycles. The summed E-state index contributed by atoms with van der Waals surface area (Å²) in [6.45, 7) is 3.55. The molecule has 0 spiro atoms. The highest BCUT2D eigenvalue weighted by atomic mass is 16.5. The van der Waals surface area contributed by atoms with Gasteiger partial charge in [-0.25, -0.2) is 4.79 Å². The van der Waals surface area contributed by atoms with Gasteiger partial charge in [0.1, 0.15) is 6.04 Å². The zero-order valence-corrected chi connectivity index (χ0v) is 13.9. The molecule has 2 rings (SSSR count). The van der Waals surface area contributed by atoms with Crippen LogP contribution in [0.2, 0.25) is 0 Å². The molecule has 1 aromatic carbocycles. The van der Waals surface area contributed by atoms with Crippen molar-refractivity contribution in [1.29, 1.82) is 0 Å². The number of benzene rings is 1. The van der Waals surface area contributed by atoms with Crippen molar-refractivity contribution in [2.75, 3.05) is 18.5 Å². The van der Waals surface area contributed by atoms with E-state index in [4.69, 9.17) is 15.2 Å². The smallest absolute Gasteiger partial charge is 0.318 e. The number of urea groups is 1. The second kappa shape index (κ2) is 9.24. The Balaban J connectivity index is 1.79. The number of carbonyl (C=O) groups excluding carboxylic acids is 2. The van der Waals surface area contributed by atoms with Gasteiger partial charge in [-0.1, -0.05) is 12.1 Å². The van der Waals surface area contributed by atoms with Gasteiger partial charge in [-0.15, -0.1) is 0 Å². The van der Waals surface area contributed by atoms with E-state index >= 15 is 0 Å². The van der Waals surface area contributed by atoms with Crippen molar-refractivity contribution in [2.24, 2.45) is 5.73 Å². The average Bonchev–Trinajstić information content (AvgIpc) is 2.55. The van der Waals surface area contributed by atoms with Crippen LogP contribution < -0.4 is 16.4 Å². The molecule has 132 valence electrons. The van der Waals surface area contributed by atoms with Crippen LogP contribution in [0.3, 0.4) is 0 Å². The zero-order valence-electron chi connectivity index (χ0n) is 13.9. The van der Waals surface area contributed by atoms with Gasteiger partial charge in [-0.3, -0.25) is 10.1 Å². The molecule has 0 saturated carbocycles. The summed E-state index contributed by atoms with van der Waals surface area (Å²) in [5.41, 5.74) is 6.71. The highest BCUT2D eigenvalue weighted by molar-refractivity contribution is 5.97. The number of primary amides is 1. The van der Waals surface area contributed by atoms with Crippen molar-refractivity contribution in [3.63, 3.8) is 0 Å². The summed E-state index contributed by atoms with van der Waals surface area (Å²) in [4.78, 5) is 22.4. The Labute approximate surface area is 141 Å². The van der Waals surface area contributed by atoms with Gasteiger partial charge in [0.05, 0.1) is 19.3 Å². The molecule has 1 aliphatic heterocycles. The quantitative estimate of drug-likeness (QED) is 0.705. The normalized spacial score (nSPS) is 18.6. The lowest BCUT2D eigenvalue weighted by atomic mass is 10.1. The third kappa shape index (κ3) is 6.17. The van der Waals surface area contributed by atoms with Gasteiger partial charge in [0.25, 0.3) is 0 Å². The van der Waals surface area contributed by atoms with Crippen LogP contribution in [-0.2, 0) is 20.9 Å². The highest BCUT2D eigenvalue weighted by Gasteiger charge is 2.15. The maximum atomic E-state index is 11.7. The number of nitrogens with two attached hydrogens (primary N) is 1. The molecule has 0 unspecified atom stereocenters. The fraction of sp³-hybridized carbons (Fsp3) is 0.529. The first-order valence-electron chi connectivity index (χ1n) is 8.19. The molecule has 0 radical (unpaired) electrons. The minimum absolute atomic E-state index is 0.192. The third-order valence-corrected chi connectivity index (χ3v) is 3.80. The molecule has 7 nitrogen and oxygen atoms in total. The van der Waals surface area contributed by atoms with E-state index in [1.165, 1.54) is 6.42 Å². The van der Waals surface area contributed by atoms with Crippen LogP contribution >= 0.6 is 0 Å². The van der Waals surface area contributed by atoms with Crippen LogP contribution in [0.1, 0.15) is 31.7 Å². The Morgan fingerprint density at radius 3 is 2.96 bits per heavy atom. The number of amides is 3. The Morgan fingerprint density at radius 1 is 1.42 bits per heavy atom. The van der Waals surface area contributed by atoms with Crippen molar-refractivity contribution < 1.29 is 19.1 Å². The van der Waals surface area contributed by atoms with Crippen LogP contribution in [0.25, 0.3) is 0 Å². The van der Waals surface area contributed by atoms with Crippen molar-refractivity contribution in [1.82, 2.24) is 5.32 Å². The second-order valence-electron chi connectivity index (χ2n) is 5.92. The Hall–Kier alpha value is -2.12. The summed E-state index contributed by atoms with van der Waals surface area (Å²) in [6.07, 6.45) is 3.57. The summed E-state index contributed by atoms with van der Waals surface area (Å²) < 4.78 is 11.4. The molecule has 2 atom stereocenters. The number of rotatable bonds is 7. The van der Waals surface area contributed by atoms with Gasteiger partial charge in [0.15, 0.2) is 0 Å². The molecule has 0 aromatic heterocycles. The van der Waals surface area contributed by atoms with E-state index in [0.717, 1.165) is 30.7 Å². The number of imide groups is 1. The first kappa shape index (κ1) is 18.2. The molecule has 0 bridgehead atoms. The fourth-order valence-corrected chi connectivity index (χ4v) is 2.54. The minimum atomic E-state index is -0.860. The molecule has 7 heteroatoms. The highest BCUT2D eigenvalue weighted by Crippen LogP contribution is 2.15. The second-order valence-corrected chi connectivity index (χ2v) is 5.92. The summed E-state index contributed by atoms with van der Waals surface area (Å²) in [7, 11) is 0. The van der Waals surface area contributed by atoms with Crippen LogP contribution in [-0.4, -0.2) is 37.3 Å². The standard InChI is InChI=1S/C17H25N3O4/c1-12(16(21)20-17(18)22)19-14-6-4-5-13(9-14)10-23-11-15-7-2-3-8-24-15/h4-6,9,12,15,19H,2-3,7-8,10-11H2,1H3,(H3,18,20,21,22)/t12-,15-/m0/s1. The number of carbonyl (C=O) groups is 2. The van der Waals surface area contributed by atoms with Gasteiger partial charge in [0, 0.05) is 12.3 Å². The molecule has 1 aromatic rings. The first-order chi connectivity index (χ1) is 11.5. The molecule has 1 saturated heterocycles. The van der Waals surface area contributed by atoms with E-state index < -0.39 is 18.0 Å². The average molecular weight is 335 g/mol. The number of nitrogens with one attached hydrogen (secondary N) is 2. The predicted molar refractivity (Wildman–Crippen MR) is 90.5 cm³/mol. The van der Waals surface area contributed by atoms with Crippen LogP contribution in [0.4, 0.5) is 10.5 Å². The molecule has 1 heterocycles. The molecular weight excluding hydrogens is 310 g/mol. The summed E-state index contributed by atoms with van der Waals surface area (Å²) >= 11 is 0. The molecule has 1 fully saturated rings. The van der Waals surface area contributed by atoms with Gasteiger partial charge >= 0.3 is 6.03 Å². The largest absolute Gasteiger partial charge is 0.376 e. The van der Waals surface area contributed by atoms with Crippen LogP contribution in [0, 0.1) is 0 Å². The SMILES string of the molecule is C[C@H](Nc1cccc(COC[C@@H]2CCCCO2)c1)C(=O)NC(N)=O. The van der Waals surface area contributed by atoms with Crippen molar-refractivity contribution in [3.05, 3.63) is 29.8 Å². The van der Waals surface area contributed by atoms with E-state index in [0.29, 0.717) is 13.2 Å². The van der Waals surface area contributed by atoms with Crippen molar-refractivity contribution in [2.45, 2.75) is 44.9 Å². The van der Waals surface area contributed by atoms with Gasteiger partial charge in [0.2, 0.25) is 5.91 Å². The minimum Gasteiger partial charge on any atom is -0.376 e. The maximum absolute atomic E-state index is 11.7. The Kier molecular flexibility index (Phi) is 7.02. The van der Waals surface area contributed by atoms with E-state index in [1.807, 2.05) is 29.6 Å². The van der Waals surface area contributed by atoms with Gasteiger partial charge in [-0.2, -0.15) is 0 Å². The zero-order chi connectivity index (χ0) is 17.4. The molecule has 24 heavy (non-hydrogen) atoms. The first-order valence-corrected chi connectivity index (χ1v) is 8.19. The monoisotopic (exact) mass is 335 g/mol.